The van der Waals surface area contributed by atoms with Gasteiger partial charge in [-0.05, 0) is 20.8 Å². The van der Waals surface area contributed by atoms with Gasteiger partial charge in [0.05, 0.1) is 0 Å². The highest BCUT2D eigenvalue weighted by Crippen LogP contribution is 2.13. The molecule has 0 aromatic carbocycles. The third-order valence-electron chi connectivity index (χ3n) is 2.62. The van der Waals surface area contributed by atoms with E-state index in [0.717, 1.165) is 25.9 Å². The van der Waals surface area contributed by atoms with Gasteiger partial charge in [0.1, 0.15) is 19.1 Å². The van der Waals surface area contributed by atoms with Crippen molar-refractivity contribution in [3.63, 3.8) is 0 Å². The Kier molecular flexibility index (Phi) is 8.21. The lowest BCUT2D eigenvalue weighted by atomic mass is 10.1. The van der Waals surface area contributed by atoms with E-state index in [-0.39, 0.29) is 17.1 Å². The number of hydrogen-bond donors (Lipinski definition) is 1. The van der Waals surface area contributed by atoms with Crippen LogP contribution in [0.15, 0.2) is 0 Å². The summed E-state index contributed by atoms with van der Waals surface area (Å²) in [5, 5.41) is 9.97. The Labute approximate surface area is 82.5 Å². The summed E-state index contributed by atoms with van der Waals surface area (Å²) < 4.78 is 0.230. The summed E-state index contributed by atoms with van der Waals surface area (Å²) in [6.07, 6.45) is 2.26. The molecule has 0 spiro atoms. The lowest BCUT2D eigenvalue weighted by molar-refractivity contribution is -1.12. The van der Waals surface area contributed by atoms with Crippen molar-refractivity contribution < 1.29 is 22.3 Å². The molecule has 1 atom stereocenters. The van der Waals surface area contributed by atoms with Crippen molar-refractivity contribution in [3.05, 3.63) is 0 Å². The van der Waals surface area contributed by atoms with E-state index in [4.69, 9.17) is 0 Å². The fourth-order valence-corrected chi connectivity index (χ4v) is 1.51. The second-order valence-corrected chi connectivity index (χ2v) is 3.26. The fourth-order valence-electron chi connectivity index (χ4n) is 1.51. The molecular formula is C9H22ClNO. The minimum Gasteiger partial charge on any atom is -1.00 e. The summed E-state index contributed by atoms with van der Waals surface area (Å²) in [5.74, 6) is 0. The monoisotopic (exact) mass is 195 g/mol. The van der Waals surface area contributed by atoms with Crippen molar-refractivity contribution in [1.82, 2.24) is 0 Å². The van der Waals surface area contributed by atoms with Crippen LogP contribution in [0.1, 0.15) is 40.5 Å². The molecule has 0 aliphatic rings. The Morgan fingerprint density at radius 1 is 1.17 bits per heavy atom. The number of rotatable bonds is 5. The largest absolute Gasteiger partial charge is 1.00 e. The van der Waals surface area contributed by atoms with Gasteiger partial charge in [-0.2, -0.15) is 4.65 Å². The third kappa shape index (κ3) is 3.74. The van der Waals surface area contributed by atoms with E-state index in [2.05, 4.69) is 13.8 Å². The molecule has 0 saturated heterocycles. The van der Waals surface area contributed by atoms with Crippen LogP contribution in [0, 0.1) is 0 Å². The number of hydroxylamine groups is 3. The second kappa shape index (κ2) is 6.70. The molecule has 0 aromatic heterocycles. The fraction of sp³-hybridized carbons (Fsp3) is 1.00. The van der Waals surface area contributed by atoms with Gasteiger partial charge in [0, 0.05) is 6.42 Å². The first-order valence-electron chi connectivity index (χ1n) is 4.70. The smallest absolute Gasteiger partial charge is 0.116 e. The molecule has 3 heteroatoms. The Morgan fingerprint density at radius 2 is 1.58 bits per heavy atom. The molecule has 2 nitrogen and oxygen atoms in total. The van der Waals surface area contributed by atoms with Crippen molar-refractivity contribution in [2.24, 2.45) is 0 Å². The molecule has 0 radical (unpaired) electrons. The maximum atomic E-state index is 9.97. The molecule has 0 amide bonds. The van der Waals surface area contributed by atoms with E-state index in [1.807, 2.05) is 13.8 Å². The zero-order chi connectivity index (χ0) is 8.91. The highest BCUT2D eigenvalue weighted by atomic mass is 35.5. The second-order valence-electron chi connectivity index (χ2n) is 3.26. The zero-order valence-corrected chi connectivity index (χ0v) is 9.43. The van der Waals surface area contributed by atoms with Crippen molar-refractivity contribution in [2.45, 2.75) is 46.6 Å². The molecule has 0 bridgehead atoms. The lowest BCUT2D eigenvalue weighted by Gasteiger charge is -2.33. The van der Waals surface area contributed by atoms with Gasteiger partial charge < -0.3 is 12.4 Å². The zero-order valence-electron chi connectivity index (χ0n) is 8.68. The van der Waals surface area contributed by atoms with Crippen LogP contribution in [0.3, 0.4) is 0 Å². The molecule has 0 aromatic rings. The van der Waals surface area contributed by atoms with Gasteiger partial charge in [0.2, 0.25) is 0 Å². The van der Waals surface area contributed by atoms with E-state index in [9.17, 15) is 5.21 Å². The molecule has 0 aliphatic carbocycles. The first-order valence-corrected chi connectivity index (χ1v) is 4.70. The number of nitrogens with zero attached hydrogens (tertiary/aromatic N) is 1. The van der Waals surface area contributed by atoms with Gasteiger partial charge in [0.25, 0.3) is 0 Å². The van der Waals surface area contributed by atoms with Crippen molar-refractivity contribution in [2.75, 3.05) is 13.1 Å². The first kappa shape index (κ1) is 14.7. The topological polar surface area (TPSA) is 20.2 Å². The highest BCUT2D eigenvalue weighted by molar-refractivity contribution is 4.47. The van der Waals surface area contributed by atoms with Crippen LogP contribution < -0.4 is 12.4 Å². The van der Waals surface area contributed by atoms with Crippen LogP contribution in [0.2, 0.25) is 0 Å². The van der Waals surface area contributed by atoms with Crippen LogP contribution in [0.4, 0.5) is 0 Å². The van der Waals surface area contributed by atoms with Crippen LogP contribution in [-0.4, -0.2) is 29.0 Å². The van der Waals surface area contributed by atoms with Gasteiger partial charge in [-0.25, -0.2) is 5.21 Å². The number of halogens is 1. The minimum atomic E-state index is 0. The van der Waals surface area contributed by atoms with Gasteiger partial charge in [-0.3, -0.25) is 0 Å². The summed E-state index contributed by atoms with van der Waals surface area (Å²) in [6, 6.07) is 0.384. The van der Waals surface area contributed by atoms with E-state index in [1.165, 1.54) is 0 Å². The van der Waals surface area contributed by atoms with Gasteiger partial charge in [0.15, 0.2) is 0 Å². The molecule has 0 aliphatic heterocycles. The molecule has 0 fully saturated rings. The van der Waals surface area contributed by atoms with E-state index < -0.39 is 0 Å². The average molecular weight is 196 g/mol. The van der Waals surface area contributed by atoms with Gasteiger partial charge in [-0.15, -0.1) is 0 Å². The molecule has 1 N–H and O–H groups in total. The first-order chi connectivity index (χ1) is 5.10. The number of hydrogen-bond acceptors (Lipinski definition) is 1. The summed E-state index contributed by atoms with van der Waals surface area (Å²) in [5.41, 5.74) is 0. The maximum absolute atomic E-state index is 9.97. The normalized spacial score (nSPS) is 13.8. The standard InChI is InChI=1S/C9H22NO.ClH/c1-5-8-9(4)10(11,6-2)7-3;/h9,11H,5-8H2,1-4H3;1H/q+1;/p-1. The SMILES string of the molecule is CCCC(C)[N+](O)(CC)CC.[Cl-]. The van der Waals surface area contributed by atoms with Crippen molar-refractivity contribution in [3.8, 4) is 0 Å². The molecule has 0 saturated carbocycles. The Morgan fingerprint density at radius 3 is 1.83 bits per heavy atom. The molecule has 76 valence electrons. The van der Waals surface area contributed by atoms with E-state index in [0.29, 0.717) is 6.04 Å². The van der Waals surface area contributed by atoms with Crippen LogP contribution in [0.5, 0.6) is 0 Å². The van der Waals surface area contributed by atoms with Crippen LogP contribution >= 0.6 is 0 Å². The summed E-state index contributed by atoms with van der Waals surface area (Å²) in [7, 11) is 0. The lowest BCUT2D eigenvalue weighted by Crippen LogP contribution is -3.00. The molecule has 1 unspecified atom stereocenters. The molecular weight excluding hydrogens is 174 g/mol. The Hall–Kier alpha value is 0.210. The molecule has 0 rings (SSSR count). The average Bonchev–Trinajstić information content (AvgIpc) is 2.03. The predicted octanol–water partition coefficient (Wildman–Crippen LogP) is -0.575. The van der Waals surface area contributed by atoms with E-state index in [1.54, 1.807) is 0 Å². The third-order valence-corrected chi connectivity index (χ3v) is 2.62. The van der Waals surface area contributed by atoms with Gasteiger partial charge in [-0.1, -0.05) is 13.3 Å². The quantitative estimate of drug-likeness (QED) is 0.460. The Bertz CT molecular complexity index is 105. The minimum absolute atomic E-state index is 0. The Balaban J connectivity index is 0. The van der Waals surface area contributed by atoms with E-state index >= 15 is 0 Å². The maximum Gasteiger partial charge on any atom is 0.116 e. The molecule has 0 heterocycles. The summed E-state index contributed by atoms with van der Waals surface area (Å²) in [4.78, 5) is 0. The van der Waals surface area contributed by atoms with Gasteiger partial charge >= 0.3 is 0 Å². The molecule has 12 heavy (non-hydrogen) atoms. The highest BCUT2D eigenvalue weighted by Gasteiger charge is 2.27. The van der Waals surface area contributed by atoms with Crippen molar-refractivity contribution in [1.29, 1.82) is 0 Å². The predicted molar refractivity (Wildman–Crippen MR) is 47.5 cm³/mol. The number of quaternary nitrogens is 1. The van der Waals surface area contributed by atoms with Crippen LogP contribution in [0.25, 0.3) is 0 Å². The van der Waals surface area contributed by atoms with Crippen molar-refractivity contribution >= 4 is 0 Å². The van der Waals surface area contributed by atoms with Crippen LogP contribution in [-0.2, 0) is 0 Å². The summed E-state index contributed by atoms with van der Waals surface area (Å²) >= 11 is 0. The summed E-state index contributed by atoms with van der Waals surface area (Å²) in [6.45, 7) is 9.99.